The molecule has 2 atom stereocenters. The lowest BCUT2D eigenvalue weighted by molar-refractivity contribution is -0.138. The van der Waals surface area contributed by atoms with Gasteiger partial charge in [-0.1, -0.05) is 0 Å². The van der Waals surface area contributed by atoms with Crippen LogP contribution < -0.4 is 4.90 Å². The van der Waals surface area contributed by atoms with E-state index in [0.29, 0.717) is 6.07 Å². The molecule has 1 aliphatic rings. The van der Waals surface area contributed by atoms with E-state index in [2.05, 4.69) is 20.9 Å². The summed E-state index contributed by atoms with van der Waals surface area (Å²) in [5.74, 6) is -0.311. The van der Waals surface area contributed by atoms with Crippen LogP contribution in [0.2, 0.25) is 0 Å². The second-order valence-corrected chi connectivity index (χ2v) is 5.19. The number of hydrogen-bond acceptors (Lipinski definition) is 4. The minimum Gasteiger partial charge on any atom is -0.371 e. The van der Waals surface area contributed by atoms with Crippen LogP contribution in [0.5, 0.6) is 0 Å². The van der Waals surface area contributed by atoms with E-state index in [-0.39, 0.29) is 10.3 Å². The van der Waals surface area contributed by atoms with E-state index < -0.39 is 30.0 Å². The van der Waals surface area contributed by atoms with Gasteiger partial charge in [0.25, 0.3) is 0 Å². The van der Waals surface area contributed by atoms with E-state index in [0.717, 1.165) is 16.2 Å². The number of hydrogen-bond donors (Lipinski definition) is 1. The Bertz CT molecular complexity index is 569. The van der Waals surface area contributed by atoms with Gasteiger partial charge in [-0.3, -0.25) is 4.84 Å². The molecular weight excluding hydrogens is 359 g/mol. The summed E-state index contributed by atoms with van der Waals surface area (Å²) in [6.07, 6.45) is -5.05. The van der Waals surface area contributed by atoms with Crippen molar-refractivity contribution in [1.29, 1.82) is 0 Å². The molecule has 116 valence electrons. The standard InChI is InChI=1S/C11H11BrF3N3O3/c1-5-9(19)17(10(20)18(5)21-2)8-3-6(11(13,14)15)7(12)4-16-8/h3-5,9,19H,1-2H3. The summed E-state index contributed by atoms with van der Waals surface area (Å²) < 4.78 is 38.4. The number of anilines is 1. The zero-order valence-corrected chi connectivity index (χ0v) is 12.5. The van der Waals surface area contributed by atoms with Crippen molar-refractivity contribution in [2.75, 3.05) is 12.0 Å². The number of urea groups is 1. The number of nitrogens with zero attached hydrogens (tertiary/aromatic N) is 3. The lowest BCUT2D eigenvalue weighted by atomic mass is 10.2. The minimum absolute atomic E-state index is 0.253. The number of carbonyl (C=O) groups is 1. The van der Waals surface area contributed by atoms with Crippen LogP contribution in [0, 0.1) is 0 Å². The monoisotopic (exact) mass is 369 g/mol. The van der Waals surface area contributed by atoms with Gasteiger partial charge in [-0.05, 0) is 28.9 Å². The summed E-state index contributed by atoms with van der Waals surface area (Å²) in [4.78, 5) is 21.3. The van der Waals surface area contributed by atoms with Crippen LogP contribution in [0.1, 0.15) is 12.5 Å². The van der Waals surface area contributed by atoms with E-state index >= 15 is 0 Å². The molecule has 10 heteroatoms. The number of rotatable bonds is 2. The topological polar surface area (TPSA) is 65.9 Å². The van der Waals surface area contributed by atoms with Crippen LogP contribution in [-0.4, -0.2) is 40.6 Å². The minimum atomic E-state index is -4.61. The van der Waals surface area contributed by atoms with E-state index in [1.807, 2.05) is 0 Å². The fourth-order valence-corrected chi connectivity index (χ4v) is 2.43. The van der Waals surface area contributed by atoms with Gasteiger partial charge in [0.05, 0.1) is 12.7 Å². The number of aromatic nitrogens is 1. The number of amides is 2. The predicted octanol–water partition coefficient (Wildman–Crippen LogP) is 2.37. The van der Waals surface area contributed by atoms with E-state index in [1.165, 1.54) is 14.0 Å². The third-order valence-corrected chi connectivity index (χ3v) is 3.68. The molecule has 2 amide bonds. The molecule has 1 fully saturated rings. The van der Waals surface area contributed by atoms with Gasteiger partial charge in [0, 0.05) is 10.7 Å². The second kappa shape index (κ2) is 5.43. The number of hydroxylamine groups is 2. The van der Waals surface area contributed by atoms with Crippen LogP contribution in [0.4, 0.5) is 23.8 Å². The van der Waals surface area contributed by atoms with Crippen molar-refractivity contribution >= 4 is 27.8 Å². The summed E-state index contributed by atoms with van der Waals surface area (Å²) >= 11 is 2.76. The van der Waals surface area contributed by atoms with E-state index in [1.54, 1.807) is 0 Å². The summed E-state index contributed by atoms with van der Waals surface area (Å²) in [7, 11) is 1.22. The van der Waals surface area contributed by atoms with Gasteiger partial charge in [0.2, 0.25) is 0 Å². The van der Waals surface area contributed by atoms with Crippen LogP contribution in [0.3, 0.4) is 0 Å². The van der Waals surface area contributed by atoms with Crippen LogP contribution in [-0.2, 0) is 11.0 Å². The van der Waals surface area contributed by atoms with Crippen molar-refractivity contribution < 1.29 is 27.9 Å². The van der Waals surface area contributed by atoms with Crippen molar-refractivity contribution in [3.8, 4) is 0 Å². The maximum atomic E-state index is 12.9. The van der Waals surface area contributed by atoms with Crippen molar-refractivity contribution in [3.05, 3.63) is 22.3 Å². The van der Waals surface area contributed by atoms with Crippen molar-refractivity contribution in [2.45, 2.75) is 25.4 Å². The Morgan fingerprint density at radius 2 is 2.10 bits per heavy atom. The maximum absolute atomic E-state index is 12.9. The number of aliphatic hydroxyl groups is 1. The number of aliphatic hydroxyl groups excluding tert-OH is 1. The van der Waals surface area contributed by atoms with Gasteiger partial charge in [-0.15, -0.1) is 0 Å². The summed E-state index contributed by atoms with van der Waals surface area (Å²) in [5.41, 5.74) is -0.990. The molecule has 2 heterocycles. The fourth-order valence-electron chi connectivity index (χ4n) is 1.98. The predicted molar refractivity (Wildman–Crippen MR) is 69.1 cm³/mol. The normalized spacial score (nSPS) is 23.1. The number of pyridine rings is 1. The molecule has 0 bridgehead atoms. The van der Waals surface area contributed by atoms with Crippen LogP contribution >= 0.6 is 15.9 Å². The molecule has 0 saturated carbocycles. The lowest BCUT2D eigenvalue weighted by Gasteiger charge is -2.20. The Balaban J connectivity index is 2.46. The molecule has 1 aromatic rings. The van der Waals surface area contributed by atoms with Gasteiger partial charge < -0.3 is 5.11 Å². The summed E-state index contributed by atoms with van der Waals surface area (Å²) in [6, 6.07) is -0.848. The number of alkyl halides is 3. The van der Waals surface area contributed by atoms with Crippen molar-refractivity contribution in [1.82, 2.24) is 10.0 Å². The average molecular weight is 370 g/mol. The zero-order chi connectivity index (χ0) is 15.9. The van der Waals surface area contributed by atoms with Crippen molar-refractivity contribution in [3.63, 3.8) is 0 Å². The first-order valence-electron chi connectivity index (χ1n) is 5.75. The molecule has 2 rings (SSSR count). The van der Waals surface area contributed by atoms with Gasteiger partial charge in [0.1, 0.15) is 11.9 Å². The Labute approximate surface area is 126 Å². The van der Waals surface area contributed by atoms with Gasteiger partial charge in [-0.25, -0.2) is 14.7 Å². The quantitative estimate of drug-likeness (QED) is 0.868. The highest BCUT2D eigenvalue weighted by molar-refractivity contribution is 9.10. The Morgan fingerprint density at radius 1 is 1.48 bits per heavy atom. The third kappa shape index (κ3) is 2.70. The Morgan fingerprint density at radius 3 is 2.57 bits per heavy atom. The van der Waals surface area contributed by atoms with Crippen molar-refractivity contribution in [2.24, 2.45) is 0 Å². The highest BCUT2D eigenvalue weighted by Crippen LogP contribution is 2.37. The Hall–Kier alpha value is -1.39. The second-order valence-electron chi connectivity index (χ2n) is 4.34. The van der Waals surface area contributed by atoms with E-state index in [9.17, 15) is 23.1 Å². The summed E-state index contributed by atoms with van der Waals surface area (Å²) in [6.45, 7) is 1.50. The van der Waals surface area contributed by atoms with Crippen LogP contribution in [0.15, 0.2) is 16.7 Å². The first-order chi connectivity index (χ1) is 9.68. The first kappa shape index (κ1) is 16.0. The highest BCUT2D eigenvalue weighted by atomic mass is 79.9. The third-order valence-electron chi connectivity index (χ3n) is 3.05. The number of halogens is 4. The molecular formula is C11H11BrF3N3O3. The lowest BCUT2D eigenvalue weighted by Crippen LogP contribution is -2.36. The van der Waals surface area contributed by atoms with Crippen LogP contribution in [0.25, 0.3) is 0 Å². The average Bonchev–Trinajstić information content (AvgIpc) is 2.60. The zero-order valence-electron chi connectivity index (χ0n) is 10.9. The molecule has 0 spiro atoms. The molecule has 1 saturated heterocycles. The highest BCUT2D eigenvalue weighted by Gasteiger charge is 2.45. The first-order valence-corrected chi connectivity index (χ1v) is 6.55. The smallest absolute Gasteiger partial charge is 0.371 e. The van der Waals surface area contributed by atoms with Gasteiger partial charge in [-0.2, -0.15) is 18.2 Å². The Kier molecular flexibility index (Phi) is 4.13. The molecule has 0 radical (unpaired) electrons. The fraction of sp³-hybridized carbons (Fsp3) is 0.455. The van der Waals surface area contributed by atoms with Gasteiger partial charge >= 0.3 is 12.2 Å². The molecule has 1 aromatic heterocycles. The largest absolute Gasteiger partial charge is 0.417 e. The molecule has 0 aromatic carbocycles. The maximum Gasteiger partial charge on any atom is 0.417 e. The summed E-state index contributed by atoms with van der Waals surface area (Å²) in [5, 5.41) is 10.9. The van der Waals surface area contributed by atoms with E-state index in [4.69, 9.17) is 4.84 Å². The SMILES string of the molecule is CON1C(=O)N(c2cc(C(F)(F)F)c(Br)cn2)C(O)C1C. The van der Waals surface area contributed by atoms with Gasteiger partial charge in [0.15, 0.2) is 6.23 Å². The molecule has 1 aliphatic heterocycles. The molecule has 1 N–H and O–H groups in total. The molecule has 6 nitrogen and oxygen atoms in total. The molecule has 21 heavy (non-hydrogen) atoms. The molecule has 2 unspecified atom stereocenters. The molecule has 0 aliphatic carbocycles. The number of carbonyl (C=O) groups excluding carboxylic acids is 1.